The zero-order valence-corrected chi connectivity index (χ0v) is 13.0. The van der Waals surface area contributed by atoms with Crippen LogP contribution in [0, 0.1) is 11.7 Å². The molecule has 1 rings (SSSR count). The van der Waals surface area contributed by atoms with E-state index in [-0.39, 0.29) is 24.2 Å². The zero-order chi connectivity index (χ0) is 15.9. The van der Waals surface area contributed by atoms with Crippen molar-refractivity contribution < 1.29 is 17.6 Å². The lowest BCUT2D eigenvalue weighted by molar-refractivity contribution is -0.124. The average molecular weight is 316 g/mol. The Bertz CT molecular complexity index is 575. The minimum Gasteiger partial charge on any atom is -0.356 e. The van der Waals surface area contributed by atoms with Crippen molar-refractivity contribution in [3.8, 4) is 0 Å². The maximum absolute atomic E-state index is 13.5. The molecule has 0 spiro atoms. The van der Waals surface area contributed by atoms with Gasteiger partial charge >= 0.3 is 0 Å². The molecule has 1 aromatic rings. The summed E-state index contributed by atoms with van der Waals surface area (Å²) in [5.41, 5.74) is 0.513. The van der Waals surface area contributed by atoms with Crippen LogP contribution in [-0.2, 0) is 21.2 Å². The Morgan fingerprint density at radius 3 is 2.57 bits per heavy atom. The molecule has 0 heterocycles. The van der Waals surface area contributed by atoms with Crippen molar-refractivity contribution in [2.45, 2.75) is 19.8 Å². The molecule has 0 unspecified atom stereocenters. The second kappa shape index (κ2) is 8.09. The second-order valence-corrected chi connectivity index (χ2v) is 6.84. The molecule has 5 nitrogen and oxygen atoms in total. The monoisotopic (exact) mass is 316 g/mol. The van der Waals surface area contributed by atoms with E-state index in [0.29, 0.717) is 24.9 Å². The quantitative estimate of drug-likeness (QED) is 0.704. The van der Waals surface area contributed by atoms with E-state index in [1.165, 1.54) is 6.07 Å². The molecule has 0 bridgehead atoms. The fourth-order valence-corrected chi connectivity index (χ4v) is 2.33. The largest absolute Gasteiger partial charge is 0.356 e. The van der Waals surface area contributed by atoms with Gasteiger partial charge in [-0.2, -0.15) is 0 Å². The molecule has 0 radical (unpaired) electrons. The molecule has 1 atom stereocenters. The van der Waals surface area contributed by atoms with Gasteiger partial charge in [0.05, 0.1) is 6.26 Å². The van der Waals surface area contributed by atoms with E-state index in [9.17, 15) is 17.6 Å². The van der Waals surface area contributed by atoms with Gasteiger partial charge in [-0.25, -0.2) is 17.5 Å². The molecule has 7 heteroatoms. The highest BCUT2D eigenvalue weighted by atomic mass is 32.2. The van der Waals surface area contributed by atoms with Crippen LogP contribution in [-0.4, -0.2) is 33.7 Å². The first kappa shape index (κ1) is 17.6. The van der Waals surface area contributed by atoms with Gasteiger partial charge in [-0.1, -0.05) is 25.1 Å². The Morgan fingerprint density at radius 2 is 1.95 bits per heavy atom. The van der Waals surface area contributed by atoms with Crippen molar-refractivity contribution in [3.63, 3.8) is 0 Å². The number of carbonyl (C=O) groups is 1. The van der Waals surface area contributed by atoms with E-state index in [4.69, 9.17) is 0 Å². The maximum atomic E-state index is 13.5. The first-order chi connectivity index (χ1) is 9.79. The molecule has 0 aliphatic carbocycles. The standard InChI is InChI=1S/C14H21FN2O3S/c1-11(10-12-6-3-4-7-13(12)15)14(18)16-8-5-9-17-21(2,19)20/h3-4,6-7,11,17H,5,8-10H2,1-2H3,(H,16,18)/t11-/m1/s1. The van der Waals surface area contributed by atoms with Gasteiger partial charge in [-0.15, -0.1) is 0 Å². The summed E-state index contributed by atoms with van der Waals surface area (Å²) < 4.78 is 37.5. The Morgan fingerprint density at radius 1 is 1.29 bits per heavy atom. The molecule has 1 aromatic carbocycles. The van der Waals surface area contributed by atoms with Crippen molar-refractivity contribution in [1.82, 2.24) is 10.0 Å². The summed E-state index contributed by atoms with van der Waals surface area (Å²) in [6.45, 7) is 2.39. The van der Waals surface area contributed by atoms with E-state index < -0.39 is 10.0 Å². The molecule has 1 amide bonds. The first-order valence-electron chi connectivity index (χ1n) is 6.75. The van der Waals surface area contributed by atoms with Gasteiger partial charge in [0.25, 0.3) is 0 Å². The summed E-state index contributed by atoms with van der Waals surface area (Å²) in [4.78, 5) is 11.8. The van der Waals surface area contributed by atoms with Gasteiger partial charge in [0.1, 0.15) is 5.82 Å². The topological polar surface area (TPSA) is 75.3 Å². The van der Waals surface area contributed by atoms with Crippen molar-refractivity contribution in [3.05, 3.63) is 35.6 Å². The fraction of sp³-hybridized carbons (Fsp3) is 0.500. The third kappa shape index (κ3) is 7.19. The highest BCUT2D eigenvalue weighted by Gasteiger charge is 2.14. The predicted octanol–water partition coefficient (Wildman–Crippen LogP) is 1.06. The minimum atomic E-state index is -3.19. The van der Waals surface area contributed by atoms with Gasteiger partial charge in [-0.3, -0.25) is 4.79 Å². The molecule has 0 saturated heterocycles. The van der Waals surface area contributed by atoms with Crippen LogP contribution in [0.5, 0.6) is 0 Å². The van der Waals surface area contributed by atoms with Crippen LogP contribution < -0.4 is 10.0 Å². The number of hydrogen-bond donors (Lipinski definition) is 2. The Balaban J connectivity index is 2.30. The Kier molecular flexibility index (Phi) is 6.77. The minimum absolute atomic E-state index is 0.169. The molecule has 0 aliphatic rings. The van der Waals surface area contributed by atoms with Crippen molar-refractivity contribution in [1.29, 1.82) is 0 Å². The smallest absolute Gasteiger partial charge is 0.223 e. The average Bonchev–Trinajstić information content (AvgIpc) is 2.39. The highest BCUT2D eigenvalue weighted by Crippen LogP contribution is 2.12. The number of carbonyl (C=O) groups excluding carboxylic acids is 1. The van der Waals surface area contributed by atoms with Gasteiger partial charge < -0.3 is 5.32 Å². The number of sulfonamides is 1. The van der Waals surface area contributed by atoms with E-state index >= 15 is 0 Å². The number of halogens is 1. The lowest BCUT2D eigenvalue weighted by Crippen LogP contribution is -2.33. The third-order valence-electron chi connectivity index (χ3n) is 2.95. The summed E-state index contributed by atoms with van der Waals surface area (Å²) in [6, 6.07) is 6.38. The van der Waals surface area contributed by atoms with E-state index in [1.54, 1.807) is 25.1 Å². The molecular weight excluding hydrogens is 295 g/mol. The first-order valence-corrected chi connectivity index (χ1v) is 8.64. The molecule has 21 heavy (non-hydrogen) atoms. The summed E-state index contributed by atoms with van der Waals surface area (Å²) in [5, 5.41) is 2.71. The Labute approximate surface area is 125 Å². The van der Waals surface area contributed by atoms with Crippen molar-refractivity contribution >= 4 is 15.9 Å². The molecule has 2 N–H and O–H groups in total. The fourth-order valence-electron chi connectivity index (χ4n) is 1.82. The second-order valence-electron chi connectivity index (χ2n) is 5.01. The third-order valence-corrected chi connectivity index (χ3v) is 3.68. The summed E-state index contributed by atoms with van der Waals surface area (Å²) >= 11 is 0. The molecule has 0 aliphatic heterocycles. The van der Waals surface area contributed by atoms with Crippen LogP contribution in [0.1, 0.15) is 18.9 Å². The van der Waals surface area contributed by atoms with Crippen molar-refractivity contribution in [2.24, 2.45) is 5.92 Å². The lowest BCUT2D eigenvalue weighted by atomic mass is 10.00. The van der Waals surface area contributed by atoms with Crippen LogP contribution in [0.25, 0.3) is 0 Å². The Hall–Kier alpha value is -1.47. The summed E-state index contributed by atoms with van der Waals surface area (Å²) in [6.07, 6.45) is 1.92. The van der Waals surface area contributed by atoms with Crippen LogP contribution in [0.4, 0.5) is 4.39 Å². The summed E-state index contributed by atoms with van der Waals surface area (Å²) in [5.74, 6) is -0.822. The number of amides is 1. The van der Waals surface area contributed by atoms with Crippen molar-refractivity contribution in [2.75, 3.05) is 19.3 Å². The molecule has 0 fully saturated rings. The zero-order valence-electron chi connectivity index (χ0n) is 12.2. The van der Waals surface area contributed by atoms with Crippen LogP contribution in [0.3, 0.4) is 0 Å². The van der Waals surface area contributed by atoms with E-state index in [0.717, 1.165) is 6.26 Å². The molecule has 0 aromatic heterocycles. The van der Waals surface area contributed by atoms with Gasteiger partial charge in [0, 0.05) is 19.0 Å². The molecular formula is C14H21FN2O3S. The molecule has 0 saturated carbocycles. The van der Waals surface area contributed by atoms with E-state index in [1.807, 2.05) is 0 Å². The van der Waals surface area contributed by atoms with Gasteiger partial charge in [0.2, 0.25) is 15.9 Å². The highest BCUT2D eigenvalue weighted by molar-refractivity contribution is 7.88. The summed E-state index contributed by atoms with van der Waals surface area (Å²) in [7, 11) is -3.19. The van der Waals surface area contributed by atoms with Gasteiger partial charge in [0.15, 0.2) is 0 Å². The number of benzene rings is 1. The molecule has 118 valence electrons. The van der Waals surface area contributed by atoms with Gasteiger partial charge in [-0.05, 0) is 24.5 Å². The normalized spacial score (nSPS) is 12.9. The number of nitrogens with one attached hydrogen (secondary N) is 2. The van der Waals surface area contributed by atoms with E-state index in [2.05, 4.69) is 10.0 Å². The van der Waals surface area contributed by atoms with Crippen LogP contribution in [0.2, 0.25) is 0 Å². The van der Waals surface area contributed by atoms with Crippen LogP contribution in [0.15, 0.2) is 24.3 Å². The lowest BCUT2D eigenvalue weighted by Gasteiger charge is -2.12. The maximum Gasteiger partial charge on any atom is 0.223 e. The van der Waals surface area contributed by atoms with Crippen LogP contribution >= 0.6 is 0 Å². The number of hydrogen-bond acceptors (Lipinski definition) is 3. The number of rotatable bonds is 8. The predicted molar refractivity (Wildman–Crippen MR) is 79.7 cm³/mol. The SMILES string of the molecule is C[C@H](Cc1ccccc1F)C(=O)NCCCNS(C)(=O)=O.